The summed E-state index contributed by atoms with van der Waals surface area (Å²) in [7, 11) is 0. The van der Waals surface area contributed by atoms with Crippen molar-refractivity contribution < 1.29 is 14.3 Å². The molecule has 5 nitrogen and oxygen atoms in total. The number of nitrogens with zero attached hydrogens (tertiary/aromatic N) is 1. The van der Waals surface area contributed by atoms with Crippen LogP contribution >= 0.6 is 0 Å². The van der Waals surface area contributed by atoms with Crippen LogP contribution in [-0.4, -0.2) is 29.1 Å². The van der Waals surface area contributed by atoms with E-state index in [0.29, 0.717) is 18.1 Å². The van der Waals surface area contributed by atoms with Gasteiger partial charge in [0.2, 0.25) is 0 Å². The number of hydrogen-bond acceptors (Lipinski definition) is 4. The number of benzene rings is 1. The van der Waals surface area contributed by atoms with Crippen molar-refractivity contribution in [3.8, 4) is 0 Å². The molecule has 1 amide bonds. The van der Waals surface area contributed by atoms with Gasteiger partial charge in [-0.15, -0.1) is 0 Å². The number of hydrogen-bond donors (Lipinski definition) is 3. The van der Waals surface area contributed by atoms with Gasteiger partial charge in [0.1, 0.15) is 11.6 Å². The number of pyridine rings is 1. The van der Waals surface area contributed by atoms with Crippen LogP contribution in [0.2, 0.25) is 0 Å². The minimum atomic E-state index is -0.570. The number of aliphatic hydroxyl groups is 1. The SMILES string of the molecule is O=C(Nc1ccc(NCCO)nc1)c1ccccc1F. The van der Waals surface area contributed by atoms with E-state index in [-0.39, 0.29) is 12.2 Å². The Morgan fingerprint density at radius 2 is 2.05 bits per heavy atom. The Balaban J connectivity index is 2.03. The lowest BCUT2D eigenvalue weighted by Crippen LogP contribution is -2.14. The van der Waals surface area contributed by atoms with Crippen molar-refractivity contribution in [2.75, 3.05) is 23.8 Å². The van der Waals surface area contributed by atoms with Gasteiger partial charge >= 0.3 is 0 Å². The first-order chi connectivity index (χ1) is 9.70. The summed E-state index contributed by atoms with van der Waals surface area (Å²) in [5.41, 5.74) is 0.447. The van der Waals surface area contributed by atoms with Crippen LogP contribution in [0.1, 0.15) is 10.4 Å². The van der Waals surface area contributed by atoms with E-state index in [9.17, 15) is 9.18 Å². The minimum absolute atomic E-state index is 0.00739. The van der Waals surface area contributed by atoms with Gasteiger partial charge in [-0.05, 0) is 24.3 Å². The van der Waals surface area contributed by atoms with Crippen LogP contribution < -0.4 is 10.6 Å². The maximum atomic E-state index is 13.4. The van der Waals surface area contributed by atoms with Gasteiger partial charge < -0.3 is 15.7 Å². The number of carbonyl (C=O) groups is 1. The van der Waals surface area contributed by atoms with E-state index in [1.54, 1.807) is 18.2 Å². The Morgan fingerprint density at radius 3 is 2.70 bits per heavy atom. The van der Waals surface area contributed by atoms with Gasteiger partial charge in [-0.2, -0.15) is 0 Å². The molecule has 20 heavy (non-hydrogen) atoms. The summed E-state index contributed by atoms with van der Waals surface area (Å²) in [5.74, 6) is -0.511. The monoisotopic (exact) mass is 275 g/mol. The molecule has 0 saturated carbocycles. The molecule has 0 aliphatic carbocycles. The predicted octanol–water partition coefficient (Wildman–Crippen LogP) is 1.88. The highest BCUT2D eigenvalue weighted by Crippen LogP contribution is 2.13. The Labute approximate surface area is 115 Å². The zero-order valence-corrected chi connectivity index (χ0v) is 10.6. The molecule has 0 aliphatic heterocycles. The number of rotatable bonds is 5. The summed E-state index contributed by atoms with van der Waals surface area (Å²) in [6.07, 6.45) is 1.46. The summed E-state index contributed by atoms with van der Waals surface area (Å²) < 4.78 is 13.4. The van der Waals surface area contributed by atoms with Gasteiger partial charge in [-0.1, -0.05) is 12.1 Å². The molecule has 6 heteroatoms. The van der Waals surface area contributed by atoms with Crippen molar-refractivity contribution in [3.05, 3.63) is 54.0 Å². The molecule has 0 unspecified atom stereocenters. The molecular weight excluding hydrogens is 261 g/mol. The summed E-state index contributed by atoms with van der Waals surface area (Å²) in [4.78, 5) is 15.9. The van der Waals surface area contributed by atoms with Gasteiger partial charge in [-0.3, -0.25) is 4.79 Å². The fraction of sp³-hybridized carbons (Fsp3) is 0.143. The number of aliphatic hydroxyl groups excluding tert-OH is 1. The van der Waals surface area contributed by atoms with E-state index in [1.165, 1.54) is 24.4 Å². The first kappa shape index (κ1) is 14.0. The molecule has 0 spiro atoms. The van der Waals surface area contributed by atoms with Crippen molar-refractivity contribution in [2.45, 2.75) is 0 Å². The van der Waals surface area contributed by atoms with Gasteiger partial charge in [0.05, 0.1) is 24.1 Å². The maximum absolute atomic E-state index is 13.4. The molecule has 1 aromatic heterocycles. The van der Waals surface area contributed by atoms with Gasteiger partial charge in [-0.25, -0.2) is 9.37 Å². The average Bonchev–Trinajstić information content (AvgIpc) is 2.47. The zero-order valence-electron chi connectivity index (χ0n) is 10.6. The van der Waals surface area contributed by atoms with E-state index in [2.05, 4.69) is 15.6 Å². The maximum Gasteiger partial charge on any atom is 0.258 e. The lowest BCUT2D eigenvalue weighted by atomic mass is 10.2. The van der Waals surface area contributed by atoms with Crippen LogP contribution in [0.3, 0.4) is 0 Å². The molecule has 104 valence electrons. The molecule has 0 fully saturated rings. The van der Waals surface area contributed by atoms with Crippen LogP contribution in [-0.2, 0) is 0 Å². The van der Waals surface area contributed by atoms with Gasteiger partial charge in [0.25, 0.3) is 5.91 Å². The number of anilines is 2. The summed E-state index contributed by atoms with van der Waals surface area (Å²) >= 11 is 0. The third-order valence-electron chi connectivity index (χ3n) is 2.56. The molecule has 0 saturated heterocycles. The highest BCUT2D eigenvalue weighted by Gasteiger charge is 2.10. The van der Waals surface area contributed by atoms with Crippen molar-refractivity contribution >= 4 is 17.4 Å². The first-order valence-corrected chi connectivity index (χ1v) is 6.07. The van der Waals surface area contributed by atoms with E-state index in [4.69, 9.17) is 5.11 Å². The number of halogens is 1. The number of aromatic nitrogens is 1. The van der Waals surface area contributed by atoms with E-state index < -0.39 is 11.7 Å². The minimum Gasteiger partial charge on any atom is -0.395 e. The zero-order chi connectivity index (χ0) is 14.4. The predicted molar refractivity (Wildman–Crippen MR) is 74.2 cm³/mol. The molecule has 1 heterocycles. The molecule has 2 aromatic rings. The Hall–Kier alpha value is -2.47. The van der Waals surface area contributed by atoms with Crippen LogP contribution in [0.4, 0.5) is 15.9 Å². The highest BCUT2D eigenvalue weighted by atomic mass is 19.1. The largest absolute Gasteiger partial charge is 0.395 e. The Kier molecular flexibility index (Phi) is 4.62. The highest BCUT2D eigenvalue weighted by molar-refractivity contribution is 6.04. The lowest BCUT2D eigenvalue weighted by Gasteiger charge is -2.07. The van der Waals surface area contributed by atoms with Crippen molar-refractivity contribution in [3.63, 3.8) is 0 Å². The number of amides is 1. The topological polar surface area (TPSA) is 74.2 Å². The lowest BCUT2D eigenvalue weighted by molar-refractivity contribution is 0.102. The fourth-order valence-corrected chi connectivity index (χ4v) is 1.60. The van der Waals surface area contributed by atoms with Crippen LogP contribution in [0, 0.1) is 5.82 Å². The smallest absolute Gasteiger partial charge is 0.258 e. The third-order valence-corrected chi connectivity index (χ3v) is 2.56. The van der Waals surface area contributed by atoms with Crippen molar-refractivity contribution in [2.24, 2.45) is 0 Å². The van der Waals surface area contributed by atoms with Crippen molar-refractivity contribution in [1.29, 1.82) is 0 Å². The summed E-state index contributed by atoms with van der Waals surface area (Å²) in [6.45, 7) is 0.404. The fourth-order valence-electron chi connectivity index (χ4n) is 1.60. The van der Waals surface area contributed by atoms with Crippen LogP contribution in [0.25, 0.3) is 0 Å². The summed E-state index contributed by atoms with van der Waals surface area (Å²) in [6, 6.07) is 9.07. The second kappa shape index (κ2) is 6.63. The summed E-state index contributed by atoms with van der Waals surface area (Å²) in [5, 5.41) is 14.1. The number of carbonyl (C=O) groups excluding carboxylic acids is 1. The van der Waals surface area contributed by atoms with Crippen molar-refractivity contribution in [1.82, 2.24) is 4.98 Å². The van der Waals surface area contributed by atoms with Crippen LogP contribution in [0.5, 0.6) is 0 Å². The molecule has 3 N–H and O–H groups in total. The molecule has 0 atom stereocenters. The molecule has 0 aliphatic rings. The number of nitrogens with one attached hydrogen (secondary N) is 2. The van der Waals surface area contributed by atoms with E-state index >= 15 is 0 Å². The average molecular weight is 275 g/mol. The molecule has 0 bridgehead atoms. The first-order valence-electron chi connectivity index (χ1n) is 6.07. The Morgan fingerprint density at radius 1 is 1.25 bits per heavy atom. The van der Waals surface area contributed by atoms with Gasteiger partial charge in [0, 0.05) is 6.54 Å². The quantitative estimate of drug-likeness (QED) is 0.779. The standard InChI is InChI=1S/C14H14FN3O2/c15-12-4-2-1-3-11(12)14(20)18-10-5-6-13(17-9-10)16-7-8-19/h1-6,9,19H,7-8H2,(H,16,17)(H,18,20). The van der Waals surface area contributed by atoms with E-state index in [0.717, 1.165) is 0 Å². The van der Waals surface area contributed by atoms with E-state index in [1.807, 2.05) is 0 Å². The molecular formula is C14H14FN3O2. The Bertz CT molecular complexity index is 587. The molecule has 2 rings (SSSR count). The third kappa shape index (κ3) is 3.52. The van der Waals surface area contributed by atoms with Gasteiger partial charge in [0.15, 0.2) is 0 Å². The van der Waals surface area contributed by atoms with Crippen LogP contribution in [0.15, 0.2) is 42.6 Å². The second-order valence-corrected chi connectivity index (χ2v) is 4.02. The normalized spacial score (nSPS) is 10.1. The second-order valence-electron chi connectivity index (χ2n) is 4.02. The molecule has 0 radical (unpaired) electrons. The molecule has 1 aromatic carbocycles.